The van der Waals surface area contributed by atoms with E-state index < -0.39 is 5.82 Å². The third-order valence-electron chi connectivity index (χ3n) is 5.25. The first-order valence-electron chi connectivity index (χ1n) is 10.6. The summed E-state index contributed by atoms with van der Waals surface area (Å²) in [4.78, 5) is 12.3. The van der Waals surface area contributed by atoms with E-state index in [4.69, 9.17) is 23.2 Å². The summed E-state index contributed by atoms with van der Waals surface area (Å²) in [6.07, 6.45) is 8.17. The van der Waals surface area contributed by atoms with Crippen molar-refractivity contribution >= 4 is 51.2 Å². The zero-order valence-electron chi connectivity index (χ0n) is 18.5. The van der Waals surface area contributed by atoms with E-state index in [-0.39, 0.29) is 5.02 Å². The molecule has 3 aromatic heterocycles. The molecule has 0 aliphatic rings. The van der Waals surface area contributed by atoms with Gasteiger partial charge in [-0.05, 0) is 30.3 Å². The molecule has 12 heteroatoms. The second-order valence-electron chi connectivity index (χ2n) is 7.77. The Kier molecular flexibility index (Phi) is 6.58. The minimum absolute atomic E-state index is 0.0369. The van der Waals surface area contributed by atoms with Crippen LogP contribution in [0.3, 0.4) is 0 Å². The molecule has 0 aliphatic heterocycles. The molecule has 0 fully saturated rings. The summed E-state index contributed by atoms with van der Waals surface area (Å²) in [5.41, 5.74) is 4.11. The Morgan fingerprint density at radius 1 is 1.03 bits per heavy atom. The first-order chi connectivity index (χ1) is 17.5. The Balaban J connectivity index is 1.41. The number of hydrogen-bond acceptors (Lipinski definition) is 8. The molecule has 178 valence electrons. The number of anilines is 3. The number of nitrogens with one attached hydrogen (secondary N) is 2. The summed E-state index contributed by atoms with van der Waals surface area (Å²) in [5, 5.41) is 25.4. The molecule has 0 aliphatic carbocycles. The second kappa shape index (κ2) is 10.1. The summed E-state index contributed by atoms with van der Waals surface area (Å²) in [7, 11) is 0. The number of fused-ring (bicyclic) bond motifs is 1. The number of aromatic nitrogens is 6. The fourth-order valence-corrected chi connectivity index (χ4v) is 4.04. The van der Waals surface area contributed by atoms with Gasteiger partial charge < -0.3 is 10.6 Å². The van der Waals surface area contributed by atoms with Crippen LogP contribution >= 0.6 is 23.2 Å². The van der Waals surface area contributed by atoms with Gasteiger partial charge in [-0.3, -0.25) is 4.98 Å². The van der Waals surface area contributed by atoms with Crippen LogP contribution in [0.25, 0.3) is 10.9 Å². The van der Waals surface area contributed by atoms with Crippen molar-refractivity contribution in [2.45, 2.75) is 13.1 Å². The van der Waals surface area contributed by atoms with E-state index in [1.165, 1.54) is 30.7 Å². The Hall–Kier alpha value is -4.33. The highest BCUT2D eigenvalue weighted by Gasteiger charge is 2.14. The number of benzene rings is 2. The van der Waals surface area contributed by atoms with Crippen molar-refractivity contribution < 1.29 is 4.39 Å². The summed E-state index contributed by atoms with van der Waals surface area (Å²) < 4.78 is 15.3. The average Bonchev–Trinajstić information content (AvgIpc) is 3.33. The quantitative estimate of drug-likeness (QED) is 0.296. The fourth-order valence-electron chi connectivity index (χ4n) is 3.59. The lowest BCUT2D eigenvalue weighted by Gasteiger charge is -2.14. The molecular weight excluding hydrogens is 504 g/mol. The third-order valence-corrected chi connectivity index (χ3v) is 5.83. The first kappa shape index (κ1) is 23.4. The van der Waals surface area contributed by atoms with Gasteiger partial charge >= 0.3 is 0 Å². The van der Waals surface area contributed by atoms with Crippen LogP contribution in [0.15, 0.2) is 61.4 Å². The number of nitriles is 1. The molecule has 5 rings (SSSR count). The lowest BCUT2D eigenvalue weighted by molar-refractivity contribution is 0.628. The van der Waals surface area contributed by atoms with Gasteiger partial charge in [-0.2, -0.15) is 5.26 Å². The molecule has 0 spiro atoms. The van der Waals surface area contributed by atoms with Crippen molar-refractivity contribution in [2.75, 3.05) is 10.6 Å². The molecule has 0 amide bonds. The van der Waals surface area contributed by atoms with Crippen LogP contribution in [0.4, 0.5) is 21.5 Å². The van der Waals surface area contributed by atoms with Crippen LogP contribution in [-0.4, -0.2) is 29.9 Å². The van der Waals surface area contributed by atoms with Crippen LogP contribution in [0.1, 0.15) is 16.8 Å². The molecule has 5 aromatic rings. The maximum absolute atomic E-state index is 13.6. The van der Waals surface area contributed by atoms with Gasteiger partial charge in [0.25, 0.3) is 0 Å². The molecular formula is C24H16Cl2FN9. The van der Waals surface area contributed by atoms with Crippen LogP contribution in [0.2, 0.25) is 10.0 Å². The minimum atomic E-state index is -0.536. The normalized spacial score (nSPS) is 10.8. The second-order valence-corrected chi connectivity index (χ2v) is 8.59. The predicted octanol–water partition coefficient (Wildman–Crippen LogP) is 5.34. The molecule has 2 aromatic carbocycles. The summed E-state index contributed by atoms with van der Waals surface area (Å²) >= 11 is 12.5. The van der Waals surface area contributed by atoms with Gasteiger partial charge in [0.05, 0.1) is 46.1 Å². The number of rotatable bonds is 7. The first-order valence-corrected chi connectivity index (χ1v) is 11.4. The molecule has 0 atom stereocenters. The van der Waals surface area contributed by atoms with E-state index in [1.54, 1.807) is 23.1 Å². The van der Waals surface area contributed by atoms with Crippen molar-refractivity contribution in [2.24, 2.45) is 0 Å². The van der Waals surface area contributed by atoms with E-state index in [9.17, 15) is 9.65 Å². The van der Waals surface area contributed by atoms with E-state index in [0.717, 1.165) is 5.56 Å². The van der Waals surface area contributed by atoms with Gasteiger partial charge in [0.1, 0.15) is 23.9 Å². The van der Waals surface area contributed by atoms with Gasteiger partial charge in [-0.1, -0.05) is 28.4 Å². The maximum Gasteiger partial charge on any atom is 0.141 e. The highest BCUT2D eigenvalue weighted by Crippen LogP contribution is 2.35. The summed E-state index contributed by atoms with van der Waals surface area (Å²) in [5.74, 6) is -0.536. The van der Waals surface area contributed by atoms with Crippen molar-refractivity contribution in [3.8, 4) is 6.07 Å². The van der Waals surface area contributed by atoms with Gasteiger partial charge in [0, 0.05) is 40.9 Å². The van der Waals surface area contributed by atoms with Gasteiger partial charge in [0.2, 0.25) is 0 Å². The number of pyridine rings is 1. The molecule has 9 nitrogen and oxygen atoms in total. The molecule has 0 radical (unpaired) electrons. The zero-order valence-corrected chi connectivity index (χ0v) is 20.0. The minimum Gasteiger partial charge on any atom is -0.379 e. The SMILES string of the molecule is N#Cc1cnc2c(Cl)cc(NCc3cn(Cc4cncnc4)nn3)cc2c1Nc1ccc(F)c(Cl)c1. The van der Waals surface area contributed by atoms with Crippen molar-refractivity contribution in [1.82, 2.24) is 29.9 Å². The summed E-state index contributed by atoms with van der Waals surface area (Å²) in [6, 6.07) is 9.92. The lowest BCUT2D eigenvalue weighted by atomic mass is 10.1. The monoisotopic (exact) mass is 519 g/mol. The highest BCUT2D eigenvalue weighted by molar-refractivity contribution is 6.36. The largest absolute Gasteiger partial charge is 0.379 e. The van der Waals surface area contributed by atoms with Crippen LogP contribution in [0.5, 0.6) is 0 Å². The average molecular weight is 520 g/mol. The molecule has 0 saturated heterocycles. The molecule has 0 saturated carbocycles. The Morgan fingerprint density at radius 2 is 1.83 bits per heavy atom. The van der Waals surface area contributed by atoms with E-state index in [2.05, 4.69) is 42.0 Å². The lowest BCUT2D eigenvalue weighted by Crippen LogP contribution is -2.02. The van der Waals surface area contributed by atoms with Crippen molar-refractivity contribution in [3.05, 3.63) is 94.1 Å². The molecule has 0 unspecified atom stereocenters. The Bertz CT molecular complexity index is 1600. The number of halogens is 3. The number of hydrogen-bond donors (Lipinski definition) is 2. The smallest absolute Gasteiger partial charge is 0.141 e. The van der Waals surface area contributed by atoms with Gasteiger partial charge in [-0.25, -0.2) is 19.0 Å². The van der Waals surface area contributed by atoms with Crippen molar-refractivity contribution in [3.63, 3.8) is 0 Å². The third kappa shape index (κ3) is 5.02. The van der Waals surface area contributed by atoms with Gasteiger partial charge in [-0.15, -0.1) is 5.10 Å². The standard InChI is InChI=1S/C24H16Cl2FN9/c25-20-4-16(1-2-22(20)27)33-23-15(6-28)9-32-24-19(23)3-17(5-21(24)26)31-10-18-12-36(35-34-18)11-14-7-29-13-30-8-14/h1-5,7-9,12-13,31H,10-11H2,(H,32,33). The Labute approximate surface area is 214 Å². The Morgan fingerprint density at radius 3 is 2.61 bits per heavy atom. The highest BCUT2D eigenvalue weighted by atomic mass is 35.5. The fraction of sp³-hybridized carbons (Fsp3) is 0.0833. The number of nitrogens with zero attached hydrogens (tertiary/aromatic N) is 7. The maximum atomic E-state index is 13.6. The zero-order chi connectivity index (χ0) is 25.1. The molecule has 2 N–H and O–H groups in total. The molecule has 36 heavy (non-hydrogen) atoms. The van der Waals surface area contributed by atoms with Crippen molar-refractivity contribution in [1.29, 1.82) is 5.26 Å². The van der Waals surface area contributed by atoms with E-state index in [1.807, 2.05) is 12.3 Å². The summed E-state index contributed by atoms with van der Waals surface area (Å²) in [6.45, 7) is 0.884. The van der Waals surface area contributed by atoms with E-state index in [0.29, 0.717) is 57.3 Å². The molecule has 3 heterocycles. The molecule has 0 bridgehead atoms. The van der Waals surface area contributed by atoms with Crippen LogP contribution < -0.4 is 10.6 Å². The van der Waals surface area contributed by atoms with Gasteiger partial charge in [0.15, 0.2) is 0 Å². The van der Waals surface area contributed by atoms with E-state index >= 15 is 0 Å². The topological polar surface area (TPSA) is 117 Å². The van der Waals surface area contributed by atoms with Crippen LogP contribution in [0, 0.1) is 17.1 Å². The van der Waals surface area contributed by atoms with Crippen LogP contribution in [-0.2, 0) is 13.1 Å². The predicted molar refractivity (Wildman–Crippen MR) is 135 cm³/mol.